The molecule has 2 aromatic heterocycles. The fourth-order valence-corrected chi connectivity index (χ4v) is 3.55. The standard InChI is InChI=1S/C20H22Cl2FN5O/c1-10-18(22)12(3)28(26-10)14(5)20(29)24-19-11(2)25-27(13(19)4)9-15-6-7-16(23)8-17(15)21/h6-8,14H,9H2,1-5H3,(H,24,29). The van der Waals surface area contributed by atoms with Crippen molar-refractivity contribution in [3.63, 3.8) is 0 Å². The molecule has 3 aromatic rings. The monoisotopic (exact) mass is 437 g/mol. The maximum atomic E-state index is 13.3. The number of rotatable bonds is 5. The minimum atomic E-state index is -0.546. The van der Waals surface area contributed by atoms with Crippen molar-refractivity contribution in [1.82, 2.24) is 19.6 Å². The molecule has 1 unspecified atom stereocenters. The lowest BCUT2D eigenvalue weighted by Crippen LogP contribution is -2.25. The lowest BCUT2D eigenvalue weighted by Gasteiger charge is -2.15. The highest BCUT2D eigenvalue weighted by atomic mass is 35.5. The molecule has 0 radical (unpaired) electrons. The van der Waals surface area contributed by atoms with Crippen LogP contribution in [0.2, 0.25) is 10.0 Å². The summed E-state index contributed by atoms with van der Waals surface area (Å²) in [6.45, 7) is 9.43. The van der Waals surface area contributed by atoms with E-state index in [9.17, 15) is 9.18 Å². The maximum absolute atomic E-state index is 13.3. The molecule has 1 atom stereocenters. The third kappa shape index (κ3) is 4.16. The predicted molar refractivity (Wildman–Crippen MR) is 112 cm³/mol. The number of anilines is 1. The zero-order valence-corrected chi connectivity index (χ0v) is 18.4. The van der Waals surface area contributed by atoms with E-state index in [1.165, 1.54) is 12.1 Å². The summed E-state index contributed by atoms with van der Waals surface area (Å²) in [6, 6.07) is 3.71. The van der Waals surface area contributed by atoms with Gasteiger partial charge < -0.3 is 5.32 Å². The van der Waals surface area contributed by atoms with Crippen molar-refractivity contribution >= 4 is 34.8 Å². The number of aromatic nitrogens is 4. The fraction of sp³-hybridized carbons (Fsp3) is 0.350. The van der Waals surface area contributed by atoms with Crippen LogP contribution in [0.15, 0.2) is 18.2 Å². The Morgan fingerprint density at radius 3 is 2.41 bits per heavy atom. The Kier molecular flexibility index (Phi) is 6.00. The molecule has 2 heterocycles. The van der Waals surface area contributed by atoms with Gasteiger partial charge in [0, 0.05) is 5.02 Å². The van der Waals surface area contributed by atoms with Crippen LogP contribution in [0.4, 0.5) is 10.1 Å². The quantitative estimate of drug-likeness (QED) is 0.609. The van der Waals surface area contributed by atoms with Gasteiger partial charge in [-0.15, -0.1) is 0 Å². The molecule has 0 saturated heterocycles. The molecule has 0 spiro atoms. The molecule has 0 aliphatic carbocycles. The van der Waals surface area contributed by atoms with E-state index in [0.717, 1.165) is 17.0 Å². The second-order valence-corrected chi connectivity index (χ2v) is 7.82. The summed E-state index contributed by atoms with van der Waals surface area (Å²) in [5, 5.41) is 12.7. The van der Waals surface area contributed by atoms with E-state index >= 15 is 0 Å². The first kappa shape index (κ1) is 21.3. The zero-order valence-electron chi connectivity index (χ0n) is 16.8. The molecule has 1 amide bonds. The first-order valence-corrected chi connectivity index (χ1v) is 9.85. The number of amides is 1. The average molecular weight is 438 g/mol. The topological polar surface area (TPSA) is 64.7 Å². The molecule has 0 aliphatic rings. The largest absolute Gasteiger partial charge is 0.321 e. The summed E-state index contributed by atoms with van der Waals surface area (Å²) in [6.07, 6.45) is 0. The van der Waals surface area contributed by atoms with Gasteiger partial charge in [-0.3, -0.25) is 14.2 Å². The Morgan fingerprint density at radius 2 is 1.83 bits per heavy atom. The smallest absolute Gasteiger partial charge is 0.249 e. The second kappa shape index (κ2) is 8.16. The Morgan fingerprint density at radius 1 is 1.14 bits per heavy atom. The van der Waals surface area contributed by atoms with Crippen LogP contribution in [0.5, 0.6) is 0 Å². The summed E-state index contributed by atoms with van der Waals surface area (Å²) in [7, 11) is 0. The van der Waals surface area contributed by atoms with E-state index in [0.29, 0.717) is 33.7 Å². The summed E-state index contributed by atoms with van der Waals surface area (Å²) < 4.78 is 16.6. The molecule has 0 fully saturated rings. The minimum Gasteiger partial charge on any atom is -0.321 e. The molecular weight excluding hydrogens is 416 g/mol. The highest BCUT2D eigenvalue weighted by Crippen LogP contribution is 2.26. The van der Waals surface area contributed by atoms with Gasteiger partial charge in [0.1, 0.15) is 11.9 Å². The van der Waals surface area contributed by atoms with Crippen molar-refractivity contribution < 1.29 is 9.18 Å². The molecule has 9 heteroatoms. The van der Waals surface area contributed by atoms with Crippen LogP contribution in [-0.4, -0.2) is 25.5 Å². The SMILES string of the molecule is Cc1nn(C(C)C(=O)Nc2c(C)nn(Cc3ccc(F)cc3Cl)c2C)c(C)c1Cl. The number of benzene rings is 1. The normalized spacial score (nSPS) is 12.3. The van der Waals surface area contributed by atoms with E-state index in [-0.39, 0.29) is 5.91 Å². The first-order valence-electron chi connectivity index (χ1n) is 9.10. The number of nitrogens with zero attached hydrogens (tertiary/aromatic N) is 4. The Balaban J connectivity index is 1.82. The highest BCUT2D eigenvalue weighted by molar-refractivity contribution is 6.32. The van der Waals surface area contributed by atoms with Gasteiger partial charge in [0.05, 0.1) is 40.0 Å². The average Bonchev–Trinajstić information content (AvgIpc) is 3.07. The number of hydrogen-bond acceptors (Lipinski definition) is 3. The second-order valence-electron chi connectivity index (χ2n) is 7.03. The molecule has 1 N–H and O–H groups in total. The van der Waals surface area contributed by atoms with Gasteiger partial charge in [-0.05, 0) is 52.3 Å². The van der Waals surface area contributed by atoms with Crippen molar-refractivity contribution in [3.8, 4) is 0 Å². The number of halogens is 3. The summed E-state index contributed by atoms with van der Waals surface area (Å²) in [4.78, 5) is 12.8. The fourth-order valence-electron chi connectivity index (χ4n) is 3.20. The van der Waals surface area contributed by atoms with Crippen molar-refractivity contribution in [3.05, 3.63) is 62.4 Å². The molecule has 0 aliphatic heterocycles. The number of hydrogen-bond donors (Lipinski definition) is 1. The van der Waals surface area contributed by atoms with Crippen LogP contribution in [-0.2, 0) is 11.3 Å². The molecule has 154 valence electrons. The van der Waals surface area contributed by atoms with Gasteiger partial charge >= 0.3 is 0 Å². The van der Waals surface area contributed by atoms with Crippen LogP contribution in [0.25, 0.3) is 0 Å². The van der Waals surface area contributed by atoms with Gasteiger partial charge in [0.25, 0.3) is 0 Å². The third-order valence-electron chi connectivity index (χ3n) is 4.95. The molecule has 0 saturated carbocycles. The first-order chi connectivity index (χ1) is 13.6. The third-order valence-corrected chi connectivity index (χ3v) is 5.85. The van der Waals surface area contributed by atoms with E-state index in [2.05, 4.69) is 15.5 Å². The van der Waals surface area contributed by atoms with Crippen LogP contribution < -0.4 is 5.32 Å². The number of nitrogens with one attached hydrogen (secondary N) is 1. The predicted octanol–water partition coefficient (Wildman–Crippen LogP) is 5.01. The lowest BCUT2D eigenvalue weighted by atomic mass is 10.2. The molecule has 6 nitrogen and oxygen atoms in total. The number of aryl methyl sites for hydroxylation is 2. The van der Waals surface area contributed by atoms with Gasteiger partial charge in [-0.1, -0.05) is 29.3 Å². The Hall–Kier alpha value is -2.38. The van der Waals surface area contributed by atoms with E-state index < -0.39 is 11.9 Å². The van der Waals surface area contributed by atoms with Crippen LogP contribution in [0.3, 0.4) is 0 Å². The van der Waals surface area contributed by atoms with Gasteiger partial charge in [-0.25, -0.2) is 4.39 Å². The van der Waals surface area contributed by atoms with E-state index in [1.54, 1.807) is 29.3 Å². The zero-order chi connectivity index (χ0) is 21.5. The molecule has 3 rings (SSSR count). The maximum Gasteiger partial charge on any atom is 0.249 e. The number of carbonyl (C=O) groups excluding carboxylic acids is 1. The van der Waals surface area contributed by atoms with Gasteiger partial charge in [0.2, 0.25) is 5.91 Å². The Bertz CT molecular complexity index is 1090. The highest BCUT2D eigenvalue weighted by Gasteiger charge is 2.23. The molecular formula is C20H22Cl2FN5O. The van der Waals surface area contributed by atoms with Crippen molar-refractivity contribution in [2.24, 2.45) is 0 Å². The van der Waals surface area contributed by atoms with Crippen molar-refractivity contribution in [1.29, 1.82) is 0 Å². The molecule has 29 heavy (non-hydrogen) atoms. The van der Waals surface area contributed by atoms with E-state index in [1.807, 2.05) is 20.8 Å². The summed E-state index contributed by atoms with van der Waals surface area (Å²) >= 11 is 12.3. The summed E-state index contributed by atoms with van der Waals surface area (Å²) in [5.74, 6) is -0.615. The number of carbonyl (C=O) groups is 1. The molecule has 0 bridgehead atoms. The Labute approximate surface area is 178 Å². The molecule has 1 aromatic carbocycles. The van der Waals surface area contributed by atoms with E-state index in [4.69, 9.17) is 23.2 Å². The van der Waals surface area contributed by atoms with Crippen LogP contribution >= 0.6 is 23.2 Å². The van der Waals surface area contributed by atoms with Crippen molar-refractivity contribution in [2.45, 2.75) is 47.2 Å². The van der Waals surface area contributed by atoms with Crippen LogP contribution in [0, 0.1) is 33.5 Å². The van der Waals surface area contributed by atoms with Crippen molar-refractivity contribution in [2.75, 3.05) is 5.32 Å². The van der Waals surface area contributed by atoms with Gasteiger partial charge in [0.15, 0.2) is 0 Å². The minimum absolute atomic E-state index is 0.224. The summed E-state index contributed by atoms with van der Waals surface area (Å²) in [5.41, 5.74) is 4.24. The lowest BCUT2D eigenvalue weighted by molar-refractivity contribution is -0.119. The van der Waals surface area contributed by atoms with Gasteiger partial charge in [-0.2, -0.15) is 10.2 Å². The van der Waals surface area contributed by atoms with Crippen LogP contribution in [0.1, 0.15) is 41.3 Å².